The molecule has 1 unspecified atom stereocenters. The Morgan fingerprint density at radius 2 is 1.73 bits per heavy atom. The predicted molar refractivity (Wildman–Crippen MR) is 65.2 cm³/mol. The molecule has 0 saturated heterocycles. The second kappa shape index (κ2) is 6.14. The van der Waals surface area contributed by atoms with Crippen molar-refractivity contribution in [1.82, 2.24) is 0 Å². The topological polar surface area (TPSA) is 9.23 Å². The van der Waals surface area contributed by atoms with E-state index < -0.39 is 0 Å². The van der Waals surface area contributed by atoms with Gasteiger partial charge in [0, 0.05) is 5.92 Å². The predicted octanol–water partition coefficient (Wildman–Crippen LogP) is 4.16. The lowest BCUT2D eigenvalue weighted by atomic mass is 9.97. The summed E-state index contributed by atoms with van der Waals surface area (Å²) in [5, 5.41) is 0. The average molecular weight is 227 g/mol. The highest BCUT2D eigenvalue weighted by atomic mass is 35.5. The molecule has 0 aromatic heterocycles. The van der Waals surface area contributed by atoms with Crippen LogP contribution in [0.1, 0.15) is 37.8 Å². The van der Waals surface area contributed by atoms with E-state index in [2.05, 4.69) is 49.3 Å². The maximum atomic E-state index is 5.25. The van der Waals surface area contributed by atoms with Crippen molar-refractivity contribution < 1.29 is 4.29 Å². The monoisotopic (exact) mass is 226 g/mol. The first-order valence-corrected chi connectivity index (χ1v) is 5.76. The Labute approximate surface area is 97.6 Å². The minimum Gasteiger partial charge on any atom is -0.279 e. The van der Waals surface area contributed by atoms with Gasteiger partial charge in [-0.1, -0.05) is 45.0 Å². The summed E-state index contributed by atoms with van der Waals surface area (Å²) in [6.45, 7) is 7.14. The van der Waals surface area contributed by atoms with E-state index in [4.69, 9.17) is 11.9 Å². The summed E-state index contributed by atoms with van der Waals surface area (Å²) < 4.78 is 4.63. The molecule has 0 spiro atoms. The fourth-order valence-corrected chi connectivity index (χ4v) is 1.83. The first-order chi connectivity index (χ1) is 7.13. The van der Waals surface area contributed by atoms with E-state index in [9.17, 15) is 0 Å². The van der Waals surface area contributed by atoms with Gasteiger partial charge in [0.1, 0.15) is 0 Å². The Kier molecular flexibility index (Phi) is 5.13. The number of benzene rings is 1. The van der Waals surface area contributed by atoms with Gasteiger partial charge in [0.15, 0.2) is 0 Å². The molecule has 1 aromatic rings. The Bertz CT molecular complexity index is 279. The van der Waals surface area contributed by atoms with Crippen LogP contribution in [0, 0.1) is 5.92 Å². The summed E-state index contributed by atoms with van der Waals surface area (Å²) in [4.78, 5) is 0. The van der Waals surface area contributed by atoms with Crippen molar-refractivity contribution in [2.45, 2.75) is 33.1 Å². The van der Waals surface area contributed by atoms with Gasteiger partial charge in [-0.3, -0.25) is 4.29 Å². The standard InChI is InChI=1S/C13H19ClO/c1-10(2)8-12-4-6-13(7-5-12)11(3)9-15-14/h4-7,10-11H,8-9H2,1-3H3. The van der Waals surface area contributed by atoms with Gasteiger partial charge in [0.05, 0.1) is 18.5 Å². The summed E-state index contributed by atoms with van der Waals surface area (Å²) in [6.07, 6.45) is 1.14. The van der Waals surface area contributed by atoms with E-state index in [1.165, 1.54) is 11.1 Å². The minimum atomic E-state index is 0.357. The minimum absolute atomic E-state index is 0.357. The maximum absolute atomic E-state index is 5.25. The van der Waals surface area contributed by atoms with Crippen LogP contribution in [0.15, 0.2) is 24.3 Å². The van der Waals surface area contributed by atoms with E-state index in [0.717, 1.165) is 6.42 Å². The molecule has 1 aromatic carbocycles. The Balaban J connectivity index is 2.63. The largest absolute Gasteiger partial charge is 0.279 e. The van der Waals surface area contributed by atoms with E-state index in [1.807, 2.05) is 0 Å². The molecule has 15 heavy (non-hydrogen) atoms. The smallest absolute Gasteiger partial charge is 0.0748 e. The van der Waals surface area contributed by atoms with Gasteiger partial charge < -0.3 is 0 Å². The maximum Gasteiger partial charge on any atom is 0.0748 e. The molecule has 1 nitrogen and oxygen atoms in total. The average Bonchev–Trinajstić information content (AvgIpc) is 2.18. The van der Waals surface area contributed by atoms with Crippen molar-refractivity contribution in [3.05, 3.63) is 35.4 Å². The van der Waals surface area contributed by atoms with Crippen LogP contribution in [-0.4, -0.2) is 6.61 Å². The zero-order valence-corrected chi connectivity index (χ0v) is 10.4. The summed E-state index contributed by atoms with van der Waals surface area (Å²) in [5.41, 5.74) is 2.68. The van der Waals surface area contributed by atoms with Crippen molar-refractivity contribution in [2.75, 3.05) is 6.61 Å². The molecule has 2 heteroatoms. The van der Waals surface area contributed by atoms with Crippen LogP contribution in [0.4, 0.5) is 0 Å². The van der Waals surface area contributed by atoms with E-state index >= 15 is 0 Å². The van der Waals surface area contributed by atoms with E-state index in [1.54, 1.807) is 0 Å². The number of hydrogen-bond acceptors (Lipinski definition) is 1. The highest BCUT2D eigenvalue weighted by Crippen LogP contribution is 2.18. The van der Waals surface area contributed by atoms with Gasteiger partial charge in [0.2, 0.25) is 0 Å². The molecule has 0 N–H and O–H groups in total. The van der Waals surface area contributed by atoms with Crippen LogP contribution in [-0.2, 0) is 10.7 Å². The summed E-state index contributed by atoms with van der Waals surface area (Å²) in [5.74, 6) is 1.06. The van der Waals surface area contributed by atoms with Crippen molar-refractivity contribution >= 4 is 11.9 Å². The molecule has 0 bridgehead atoms. The molecular weight excluding hydrogens is 208 g/mol. The highest BCUT2D eigenvalue weighted by molar-refractivity contribution is 6.07. The van der Waals surface area contributed by atoms with Crippen LogP contribution in [0.25, 0.3) is 0 Å². The van der Waals surface area contributed by atoms with Gasteiger partial charge in [0.25, 0.3) is 0 Å². The van der Waals surface area contributed by atoms with Crippen LogP contribution in [0.2, 0.25) is 0 Å². The zero-order valence-electron chi connectivity index (χ0n) is 9.66. The molecule has 0 aliphatic rings. The number of hydrogen-bond donors (Lipinski definition) is 0. The highest BCUT2D eigenvalue weighted by Gasteiger charge is 2.05. The third-order valence-electron chi connectivity index (χ3n) is 2.51. The van der Waals surface area contributed by atoms with Gasteiger partial charge in [-0.15, -0.1) is 0 Å². The first-order valence-electron chi connectivity index (χ1n) is 5.46. The fourth-order valence-electron chi connectivity index (χ4n) is 1.64. The summed E-state index contributed by atoms with van der Waals surface area (Å²) >= 11 is 5.25. The fraction of sp³-hybridized carbons (Fsp3) is 0.538. The molecule has 0 aliphatic heterocycles. The second-order valence-corrected chi connectivity index (χ2v) is 4.73. The lowest BCUT2D eigenvalue weighted by Gasteiger charge is -2.11. The molecule has 0 aliphatic carbocycles. The Hall–Kier alpha value is -0.530. The molecule has 84 valence electrons. The molecule has 0 amide bonds. The first kappa shape index (κ1) is 12.5. The van der Waals surface area contributed by atoms with Crippen LogP contribution in [0.3, 0.4) is 0 Å². The molecule has 0 saturated carbocycles. The third-order valence-corrected chi connectivity index (χ3v) is 2.63. The molecule has 1 atom stereocenters. The summed E-state index contributed by atoms with van der Waals surface area (Å²) in [6, 6.07) is 8.72. The SMILES string of the molecule is CC(C)Cc1ccc(C(C)COCl)cc1. The quantitative estimate of drug-likeness (QED) is 0.733. The van der Waals surface area contributed by atoms with E-state index in [0.29, 0.717) is 18.4 Å². The molecule has 0 heterocycles. The molecule has 0 fully saturated rings. The molecular formula is C13H19ClO. The number of rotatable bonds is 5. The van der Waals surface area contributed by atoms with Crippen LogP contribution >= 0.6 is 11.9 Å². The normalized spacial score (nSPS) is 13.1. The molecule has 0 radical (unpaired) electrons. The zero-order chi connectivity index (χ0) is 11.3. The number of halogens is 1. The Morgan fingerprint density at radius 1 is 1.13 bits per heavy atom. The Morgan fingerprint density at radius 3 is 2.20 bits per heavy atom. The lowest BCUT2D eigenvalue weighted by molar-refractivity contribution is 0.326. The van der Waals surface area contributed by atoms with Crippen molar-refractivity contribution in [3.8, 4) is 0 Å². The second-order valence-electron chi connectivity index (χ2n) is 4.52. The summed E-state index contributed by atoms with van der Waals surface area (Å²) in [7, 11) is 0. The van der Waals surface area contributed by atoms with Gasteiger partial charge in [-0.2, -0.15) is 0 Å². The van der Waals surface area contributed by atoms with E-state index in [-0.39, 0.29) is 0 Å². The van der Waals surface area contributed by atoms with Crippen LogP contribution < -0.4 is 0 Å². The van der Waals surface area contributed by atoms with Crippen molar-refractivity contribution in [2.24, 2.45) is 5.92 Å². The van der Waals surface area contributed by atoms with Crippen LogP contribution in [0.5, 0.6) is 0 Å². The molecule has 1 rings (SSSR count). The van der Waals surface area contributed by atoms with Gasteiger partial charge >= 0.3 is 0 Å². The van der Waals surface area contributed by atoms with Crippen molar-refractivity contribution in [3.63, 3.8) is 0 Å². The third kappa shape index (κ3) is 4.23. The van der Waals surface area contributed by atoms with Crippen molar-refractivity contribution in [1.29, 1.82) is 0 Å². The van der Waals surface area contributed by atoms with Gasteiger partial charge in [-0.05, 0) is 23.5 Å². The van der Waals surface area contributed by atoms with Gasteiger partial charge in [-0.25, -0.2) is 0 Å². The lowest BCUT2D eigenvalue weighted by Crippen LogP contribution is -2.00.